The summed E-state index contributed by atoms with van der Waals surface area (Å²) >= 11 is 1.23. The molecule has 0 saturated carbocycles. The van der Waals surface area contributed by atoms with Crippen LogP contribution in [0.3, 0.4) is 0 Å². The highest BCUT2D eigenvalue weighted by molar-refractivity contribution is 8.18. The summed E-state index contributed by atoms with van der Waals surface area (Å²) in [6.07, 6.45) is 3.23. The predicted octanol–water partition coefficient (Wildman–Crippen LogP) is 4.83. The van der Waals surface area contributed by atoms with E-state index in [1.54, 1.807) is 41.5 Å². The quantitative estimate of drug-likeness (QED) is 0.277. The maximum atomic E-state index is 13.3. The largest absolute Gasteiger partial charge is 0.467 e. The third kappa shape index (κ3) is 5.13. The zero-order chi connectivity index (χ0) is 24.2. The van der Waals surface area contributed by atoms with Gasteiger partial charge in [0.05, 0.1) is 41.5 Å². The van der Waals surface area contributed by atoms with Gasteiger partial charge in [-0.1, -0.05) is 24.3 Å². The van der Waals surface area contributed by atoms with Crippen LogP contribution in [0.5, 0.6) is 0 Å². The van der Waals surface area contributed by atoms with E-state index in [-0.39, 0.29) is 23.1 Å². The van der Waals surface area contributed by atoms with Crippen LogP contribution in [0.25, 0.3) is 6.08 Å². The van der Waals surface area contributed by atoms with Gasteiger partial charge in [-0.15, -0.1) is 0 Å². The number of thioether (sulfide) groups is 1. The maximum absolute atomic E-state index is 13.3. The van der Waals surface area contributed by atoms with Crippen LogP contribution in [0.4, 0.5) is 17.1 Å². The number of aliphatic imine (C=N–C) groups is 1. The lowest BCUT2D eigenvalue weighted by molar-refractivity contribution is -0.384. The van der Waals surface area contributed by atoms with Crippen molar-refractivity contribution in [3.63, 3.8) is 0 Å². The Morgan fingerprint density at radius 3 is 2.60 bits per heavy atom. The molecule has 35 heavy (non-hydrogen) atoms. The number of anilines is 1. The molecule has 178 valence electrons. The SMILES string of the molecule is O=C1/C(=C/c2ccc(N3CCOCC3)c([N+](=O)[O-])c2)SC(=Nc2ccccc2)N1Cc1ccco1. The minimum absolute atomic E-state index is 0.00214. The van der Waals surface area contributed by atoms with E-state index < -0.39 is 0 Å². The Kier molecular flexibility index (Phi) is 6.64. The topological polar surface area (TPSA) is 101 Å². The number of furan rings is 1. The van der Waals surface area contributed by atoms with Gasteiger partial charge in [0.2, 0.25) is 0 Å². The number of ether oxygens (including phenoxy) is 1. The Morgan fingerprint density at radius 1 is 1.09 bits per heavy atom. The summed E-state index contributed by atoms with van der Waals surface area (Å²) < 4.78 is 10.8. The molecule has 10 heteroatoms. The average molecular weight is 491 g/mol. The zero-order valence-electron chi connectivity index (χ0n) is 18.7. The second-order valence-corrected chi connectivity index (χ2v) is 8.93. The van der Waals surface area contributed by atoms with Crippen molar-refractivity contribution in [2.45, 2.75) is 6.54 Å². The van der Waals surface area contributed by atoms with Gasteiger partial charge in [-0.2, -0.15) is 0 Å². The Morgan fingerprint density at radius 2 is 1.89 bits per heavy atom. The number of nitro benzene ring substituents is 1. The molecular formula is C25H22N4O5S. The van der Waals surface area contributed by atoms with Gasteiger partial charge in [0.25, 0.3) is 11.6 Å². The van der Waals surface area contributed by atoms with E-state index in [9.17, 15) is 14.9 Å². The number of carbonyl (C=O) groups excluding carboxylic acids is 1. The van der Waals surface area contributed by atoms with Crippen LogP contribution >= 0.6 is 11.8 Å². The molecule has 0 N–H and O–H groups in total. The first kappa shape index (κ1) is 22.9. The number of amides is 1. The standard InChI is InChI=1S/C25H22N4O5S/c30-24-23(16-18-8-9-21(22(15-18)29(31)32)27-10-13-33-14-11-27)35-25(26-19-5-2-1-3-6-19)28(24)17-20-7-4-12-34-20/h1-9,12,15-16H,10-11,13-14,17H2/b23-16-,26-25?. The van der Waals surface area contributed by atoms with Gasteiger partial charge in [0.1, 0.15) is 11.4 Å². The number of nitro groups is 1. The first-order valence-corrected chi connectivity index (χ1v) is 11.9. The third-order valence-electron chi connectivity index (χ3n) is 5.61. The van der Waals surface area contributed by atoms with Crippen molar-refractivity contribution in [2.24, 2.45) is 4.99 Å². The predicted molar refractivity (Wildman–Crippen MR) is 134 cm³/mol. The number of carbonyl (C=O) groups is 1. The fourth-order valence-electron chi connectivity index (χ4n) is 3.90. The van der Waals surface area contributed by atoms with Gasteiger partial charge in [-0.3, -0.25) is 19.8 Å². The molecule has 2 aliphatic heterocycles. The monoisotopic (exact) mass is 490 g/mol. The Balaban J connectivity index is 1.47. The summed E-state index contributed by atoms with van der Waals surface area (Å²) in [5, 5.41) is 12.3. The fraction of sp³-hybridized carbons (Fsp3) is 0.200. The first-order valence-electron chi connectivity index (χ1n) is 11.1. The smallest absolute Gasteiger partial charge is 0.293 e. The van der Waals surface area contributed by atoms with E-state index in [0.29, 0.717) is 53.4 Å². The molecule has 2 aromatic carbocycles. The summed E-state index contributed by atoms with van der Waals surface area (Å²) in [6, 6.07) is 18.0. The number of rotatable bonds is 6. The van der Waals surface area contributed by atoms with E-state index in [1.807, 2.05) is 35.2 Å². The first-order chi connectivity index (χ1) is 17.1. The van der Waals surface area contributed by atoms with Crippen LogP contribution in [0.2, 0.25) is 0 Å². The number of morpholine rings is 1. The summed E-state index contributed by atoms with van der Waals surface area (Å²) in [7, 11) is 0. The molecule has 3 aromatic rings. The second-order valence-electron chi connectivity index (χ2n) is 7.92. The number of hydrogen-bond acceptors (Lipinski definition) is 8. The Bertz CT molecular complexity index is 1280. The summed E-state index contributed by atoms with van der Waals surface area (Å²) in [5.74, 6) is 0.396. The lowest BCUT2D eigenvalue weighted by atomic mass is 10.1. The second kappa shape index (κ2) is 10.2. The highest BCUT2D eigenvalue weighted by atomic mass is 32.2. The summed E-state index contributed by atoms with van der Waals surface area (Å²) in [5.41, 5.74) is 1.85. The van der Waals surface area contributed by atoms with Gasteiger partial charge < -0.3 is 14.1 Å². The van der Waals surface area contributed by atoms with Gasteiger partial charge in [0, 0.05) is 19.2 Å². The van der Waals surface area contributed by atoms with Gasteiger partial charge in [-0.05, 0) is 53.7 Å². The van der Waals surface area contributed by atoms with Crippen molar-refractivity contribution in [1.82, 2.24) is 4.90 Å². The van der Waals surface area contributed by atoms with Crippen molar-refractivity contribution in [1.29, 1.82) is 0 Å². The molecule has 1 aromatic heterocycles. The molecule has 9 nitrogen and oxygen atoms in total. The highest BCUT2D eigenvalue weighted by Crippen LogP contribution is 2.37. The van der Waals surface area contributed by atoms with Crippen LogP contribution in [0, 0.1) is 10.1 Å². The van der Waals surface area contributed by atoms with Crippen molar-refractivity contribution in [2.75, 3.05) is 31.2 Å². The van der Waals surface area contributed by atoms with Crippen molar-refractivity contribution in [3.8, 4) is 0 Å². The normalized spacial score (nSPS) is 18.6. The number of benzene rings is 2. The van der Waals surface area contributed by atoms with Crippen molar-refractivity contribution in [3.05, 3.63) is 93.3 Å². The summed E-state index contributed by atoms with van der Waals surface area (Å²) in [6.45, 7) is 2.48. The van der Waals surface area contributed by atoms with Crippen LogP contribution in [-0.4, -0.2) is 47.2 Å². The van der Waals surface area contributed by atoms with Gasteiger partial charge in [-0.25, -0.2) is 4.99 Å². The minimum Gasteiger partial charge on any atom is -0.467 e. The molecule has 0 spiro atoms. The van der Waals surface area contributed by atoms with E-state index >= 15 is 0 Å². The van der Waals surface area contributed by atoms with E-state index in [0.717, 1.165) is 5.69 Å². The number of para-hydroxylation sites is 1. The highest BCUT2D eigenvalue weighted by Gasteiger charge is 2.34. The van der Waals surface area contributed by atoms with Crippen LogP contribution in [0.1, 0.15) is 11.3 Å². The molecule has 2 saturated heterocycles. The molecule has 3 heterocycles. The number of amidine groups is 1. The fourth-order valence-corrected chi connectivity index (χ4v) is 4.90. The lowest BCUT2D eigenvalue weighted by Crippen LogP contribution is -2.36. The molecule has 0 atom stereocenters. The maximum Gasteiger partial charge on any atom is 0.293 e. The molecule has 2 fully saturated rings. The van der Waals surface area contributed by atoms with Gasteiger partial charge in [0.15, 0.2) is 5.17 Å². The van der Waals surface area contributed by atoms with Crippen LogP contribution in [-0.2, 0) is 16.1 Å². The van der Waals surface area contributed by atoms with E-state index in [2.05, 4.69) is 4.99 Å². The third-order valence-corrected chi connectivity index (χ3v) is 6.62. The molecule has 0 radical (unpaired) electrons. The summed E-state index contributed by atoms with van der Waals surface area (Å²) in [4.78, 5) is 33.4. The lowest BCUT2D eigenvalue weighted by Gasteiger charge is -2.28. The molecule has 0 unspecified atom stereocenters. The van der Waals surface area contributed by atoms with Crippen LogP contribution in [0.15, 0.2) is 81.2 Å². The average Bonchev–Trinajstić information content (AvgIpc) is 3.49. The molecule has 1 amide bonds. The zero-order valence-corrected chi connectivity index (χ0v) is 19.5. The van der Waals surface area contributed by atoms with Crippen LogP contribution < -0.4 is 4.90 Å². The van der Waals surface area contributed by atoms with Crippen molar-refractivity contribution >= 4 is 46.0 Å². The Labute approximate surface area is 205 Å². The molecule has 2 aliphatic rings. The number of nitrogens with zero attached hydrogens (tertiary/aromatic N) is 4. The Hall–Kier alpha value is -3.89. The number of hydrogen-bond donors (Lipinski definition) is 0. The molecule has 0 bridgehead atoms. The molecular weight excluding hydrogens is 468 g/mol. The minimum atomic E-state index is -0.387. The van der Waals surface area contributed by atoms with Gasteiger partial charge >= 0.3 is 0 Å². The molecule has 0 aliphatic carbocycles. The van der Waals surface area contributed by atoms with E-state index in [4.69, 9.17) is 9.15 Å². The molecule has 5 rings (SSSR count). The van der Waals surface area contributed by atoms with E-state index in [1.165, 1.54) is 17.8 Å². The van der Waals surface area contributed by atoms with Crippen molar-refractivity contribution < 1.29 is 18.9 Å².